The molecule has 0 aromatic rings. The van der Waals surface area contributed by atoms with Crippen molar-refractivity contribution in [2.45, 2.75) is 26.4 Å². The average molecular weight is 224 g/mol. The first-order chi connectivity index (χ1) is 6.79. The molecular weight excluding hydrogens is 205 g/mol. The van der Waals surface area contributed by atoms with Crippen LogP contribution >= 0.6 is 0 Å². The third-order valence-electron chi connectivity index (χ3n) is 2.69. The zero-order chi connectivity index (χ0) is 11.5. The Labute approximate surface area is 88.8 Å². The molecule has 5 heteroatoms. The van der Waals surface area contributed by atoms with E-state index in [0.717, 1.165) is 19.5 Å². The first-order valence-corrected chi connectivity index (χ1v) is 5.28. The molecule has 0 radical (unpaired) electrons. The molecule has 1 aliphatic heterocycles. The predicted molar refractivity (Wildman–Crippen MR) is 53.8 cm³/mol. The molecule has 0 spiro atoms. The minimum Gasteiger partial charge on any atom is -0.307 e. The monoisotopic (exact) mass is 224 g/mol. The van der Waals surface area contributed by atoms with E-state index in [1.165, 1.54) is 0 Å². The fraction of sp³-hybridized carbons (Fsp3) is 1.00. The molecule has 15 heavy (non-hydrogen) atoms. The first-order valence-electron chi connectivity index (χ1n) is 5.28. The number of nitrogens with zero attached hydrogens (tertiary/aromatic N) is 1. The highest BCUT2D eigenvalue weighted by molar-refractivity contribution is 4.82. The van der Waals surface area contributed by atoms with E-state index in [9.17, 15) is 13.2 Å². The normalized spacial score (nSPS) is 22.2. The van der Waals surface area contributed by atoms with Crippen molar-refractivity contribution in [2.24, 2.45) is 5.41 Å². The Balaban J connectivity index is 2.07. The quantitative estimate of drug-likeness (QED) is 0.733. The van der Waals surface area contributed by atoms with Crippen LogP contribution in [0.1, 0.15) is 20.3 Å². The average Bonchev–Trinajstić information content (AvgIpc) is 2.38. The van der Waals surface area contributed by atoms with Crippen molar-refractivity contribution >= 4 is 0 Å². The molecule has 0 aliphatic carbocycles. The largest absolute Gasteiger partial charge is 0.401 e. The number of alkyl halides is 3. The van der Waals surface area contributed by atoms with Gasteiger partial charge in [0.05, 0.1) is 6.54 Å². The van der Waals surface area contributed by atoms with Gasteiger partial charge in [0.2, 0.25) is 0 Å². The Morgan fingerprint density at radius 1 is 1.33 bits per heavy atom. The topological polar surface area (TPSA) is 15.3 Å². The van der Waals surface area contributed by atoms with E-state index in [1.54, 1.807) is 0 Å². The van der Waals surface area contributed by atoms with E-state index < -0.39 is 12.7 Å². The van der Waals surface area contributed by atoms with Gasteiger partial charge in [-0.1, -0.05) is 13.8 Å². The molecule has 0 unspecified atom stereocenters. The summed E-state index contributed by atoms with van der Waals surface area (Å²) >= 11 is 0. The Morgan fingerprint density at radius 2 is 2.00 bits per heavy atom. The van der Waals surface area contributed by atoms with Gasteiger partial charge in [0.25, 0.3) is 0 Å². The number of nitrogens with one attached hydrogen (secondary N) is 1. The van der Waals surface area contributed by atoms with Crippen LogP contribution in [0.15, 0.2) is 0 Å². The maximum absolute atomic E-state index is 11.8. The number of likely N-dealkylation sites (tertiary alicyclic amines) is 1. The first kappa shape index (κ1) is 12.8. The van der Waals surface area contributed by atoms with Gasteiger partial charge in [-0.25, -0.2) is 0 Å². The number of hydrogen-bond acceptors (Lipinski definition) is 2. The van der Waals surface area contributed by atoms with Gasteiger partial charge in [-0.3, -0.25) is 0 Å². The van der Waals surface area contributed by atoms with Crippen molar-refractivity contribution in [1.29, 1.82) is 0 Å². The summed E-state index contributed by atoms with van der Waals surface area (Å²) in [7, 11) is 0. The van der Waals surface area contributed by atoms with Crippen LogP contribution in [-0.4, -0.2) is 43.8 Å². The number of rotatable bonds is 4. The second-order valence-electron chi connectivity index (χ2n) is 4.98. The lowest BCUT2D eigenvalue weighted by atomic mass is 9.93. The standard InChI is InChI=1S/C10H19F3N2/c1-9(2)3-5-15(8-9)6-4-14-7-10(11,12)13/h14H,3-8H2,1-2H3. The lowest BCUT2D eigenvalue weighted by Gasteiger charge is -2.19. The summed E-state index contributed by atoms with van der Waals surface area (Å²) in [4.78, 5) is 2.21. The molecule has 1 heterocycles. The van der Waals surface area contributed by atoms with Crippen LogP contribution in [0.2, 0.25) is 0 Å². The van der Waals surface area contributed by atoms with E-state index in [-0.39, 0.29) is 0 Å². The van der Waals surface area contributed by atoms with Gasteiger partial charge in [0, 0.05) is 19.6 Å². The highest BCUT2D eigenvalue weighted by atomic mass is 19.4. The summed E-state index contributed by atoms with van der Waals surface area (Å²) in [6.45, 7) is 6.60. The van der Waals surface area contributed by atoms with Crippen LogP contribution in [-0.2, 0) is 0 Å². The van der Waals surface area contributed by atoms with Crippen LogP contribution < -0.4 is 5.32 Å². The van der Waals surface area contributed by atoms with Gasteiger partial charge in [0.1, 0.15) is 0 Å². The van der Waals surface area contributed by atoms with E-state index in [2.05, 4.69) is 24.1 Å². The Kier molecular flexibility index (Phi) is 4.00. The van der Waals surface area contributed by atoms with Crippen LogP contribution in [0.4, 0.5) is 13.2 Å². The van der Waals surface area contributed by atoms with Gasteiger partial charge in [-0.2, -0.15) is 13.2 Å². The Bertz CT molecular complexity index is 201. The van der Waals surface area contributed by atoms with Crippen molar-refractivity contribution in [3.63, 3.8) is 0 Å². The van der Waals surface area contributed by atoms with Crippen LogP contribution in [0.25, 0.3) is 0 Å². The van der Waals surface area contributed by atoms with E-state index in [0.29, 0.717) is 18.5 Å². The molecule has 1 rings (SSSR count). The predicted octanol–water partition coefficient (Wildman–Crippen LogP) is 1.87. The summed E-state index contributed by atoms with van der Waals surface area (Å²) in [5.41, 5.74) is 0.323. The van der Waals surface area contributed by atoms with E-state index in [4.69, 9.17) is 0 Å². The third kappa shape index (κ3) is 5.37. The molecule has 1 aliphatic rings. The molecule has 0 aromatic heterocycles. The van der Waals surface area contributed by atoms with Crippen molar-refractivity contribution in [3.05, 3.63) is 0 Å². The molecule has 1 saturated heterocycles. The second-order valence-corrected chi connectivity index (χ2v) is 4.98. The molecule has 2 nitrogen and oxygen atoms in total. The van der Waals surface area contributed by atoms with Crippen LogP contribution in [0.3, 0.4) is 0 Å². The second kappa shape index (κ2) is 4.70. The van der Waals surface area contributed by atoms with Gasteiger partial charge in [-0.15, -0.1) is 0 Å². The van der Waals surface area contributed by atoms with Crippen molar-refractivity contribution in [2.75, 3.05) is 32.7 Å². The lowest BCUT2D eigenvalue weighted by Crippen LogP contribution is -2.36. The maximum Gasteiger partial charge on any atom is 0.401 e. The molecule has 0 atom stereocenters. The van der Waals surface area contributed by atoms with Gasteiger partial charge in [-0.05, 0) is 18.4 Å². The summed E-state index contributed by atoms with van der Waals surface area (Å²) in [6.07, 6.45) is -2.96. The fourth-order valence-electron chi connectivity index (χ4n) is 1.88. The molecule has 1 N–H and O–H groups in total. The summed E-state index contributed by atoms with van der Waals surface area (Å²) in [5.74, 6) is 0. The minimum absolute atomic E-state index is 0.323. The van der Waals surface area contributed by atoms with Crippen molar-refractivity contribution in [3.8, 4) is 0 Å². The molecule has 90 valence electrons. The molecule has 0 bridgehead atoms. The summed E-state index contributed by atoms with van der Waals surface area (Å²) in [6, 6.07) is 0. The number of halogens is 3. The van der Waals surface area contributed by atoms with Gasteiger partial charge < -0.3 is 10.2 Å². The molecular formula is C10H19F3N2. The zero-order valence-electron chi connectivity index (χ0n) is 9.32. The summed E-state index contributed by atoms with van der Waals surface area (Å²) in [5, 5.41) is 2.41. The zero-order valence-corrected chi connectivity index (χ0v) is 9.32. The highest BCUT2D eigenvalue weighted by Crippen LogP contribution is 2.28. The Morgan fingerprint density at radius 3 is 2.47 bits per heavy atom. The SMILES string of the molecule is CC1(C)CCN(CCNCC(F)(F)F)C1. The lowest BCUT2D eigenvalue weighted by molar-refractivity contribution is -0.124. The van der Waals surface area contributed by atoms with E-state index in [1.807, 2.05) is 0 Å². The third-order valence-corrected chi connectivity index (χ3v) is 2.69. The van der Waals surface area contributed by atoms with Crippen molar-refractivity contribution < 1.29 is 13.2 Å². The molecule has 0 amide bonds. The molecule has 0 aromatic carbocycles. The molecule has 1 fully saturated rings. The van der Waals surface area contributed by atoms with Gasteiger partial charge >= 0.3 is 6.18 Å². The number of hydrogen-bond donors (Lipinski definition) is 1. The fourth-order valence-corrected chi connectivity index (χ4v) is 1.88. The highest BCUT2D eigenvalue weighted by Gasteiger charge is 2.29. The van der Waals surface area contributed by atoms with Crippen LogP contribution in [0, 0.1) is 5.41 Å². The minimum atomic E-state index is -4.09. The Hall–Kier alpha value is -0.290. The molecule has 0 saturated carbocycles. The van der Waals surface area contributed by atoms with Crippen molar-refractivity contribution in [1.82, 2.24) is 10.2 Å². The van der Waals surface area contributed by atoms with Crippen LogP contribution in [0.5, 0.6) is 0 Å². The summed E-state index contributed by atoms with van der Waals surface area (Å²) < 4.78 is 35.4. The smallest absolute Gasteiger partial charge is 0.307 e. The maximum atomic E-state index is 11.8. The van der Waals surface area contributed by atoms with Gasteiger partial charge in [0.15, 0.2) is 0 Å². The van der Waals surface area contributed by atoms with E-state index >= 15 is 0 Å².